The number of amides is 1. The van der Waals surface area contributed by atoms with Crippen molar-refractivity contribution in [2.24, 2.45) is 18.7 Å². The molecule has 3 rings (SSSR count). The highest BCUT2D eigenvalue weighted by Crippen LogP contribution is 2.40. The fraction of sp³-hybridized carbons (Fsp3) is 0.444. The van der Waals surface area contributed by atoms with Crippen LogP contribution in [0.3, 0.4) is 0 Å². The maximum absolute atomic E-state index is 12.4. The third-order valence-corrected chi connectivity index (χ3v) is 4.91. The molecule has 1 saturated carbocycles. The second-order valence-corrected chi connectivity index (χ2v) is 6.46. The number of rotatable bonds is 6. The first-order valence-electron chi connectivity index (χ1n) is 8.25. The molecule has 0 spiro atoms. The molecule has 7 nitrogen and oxygen atoms in total. The van der Waals surface area contributed by atoms with Crippen LogP contribution < -0.4 is 15.8 Å². The van der Waals surface area contributed by atoms with Crippen LogP contribution in [-0.4, -0.2) is 42.1 Å². The van der Waals surface area contributed by atoms with Gasteiger partial charge in [-0.3, -0.25) is 9.48 Å². The third-order valence-electron chi connectivity index (χ3n) is 4.91. The van der Waals surface area contributed by atoms with Crippen molar-refractivity contribution in [2.45, 2.75) is 18.4 Å². The lowest BCUT2D eigenvalue weighted by atomic mass is 9.70. The van der Waals surface area contributed by atoms with E-state index >= 15 is 0 Å². The number of carbonyl (C=O) groups excluding carboxylic acids is 1. The smallest absolute Gasteiger partial charge is 0.228 e. The van der Waals surface area contributed by atoms with Crippen molar-refractivity contribution in [1.82, 2.24) is 9.78 Å². The van der Waals surface area contributed by atoms with E-state index in [1.165, 1.54) is 0 Å². The van der Waals surface area contributed by atoms with Gasteiger partial charge in [-0.25, -0.2) is 0 Å². The average Bonchev–Trinajstić information content (AvgIpc) is 2.96. The van der Waals surface area contributed by atoms with Crippen LogP contribution in [0.15, 0.2) is 30.3 Å². The number of nitrogens with one attached hydrogen (secondary N) is 1. The van der Waals surface area contributed by atoms with Crippen LogP contribution in [0.2, 0.25) is 0 Å². The molecule has 0 unspecified atom stereocenters. The number of nitrogens with zero attached hydrogens (tertiary/aromatic N) is 2. The normalized spacial score (nSPS) is 22.3. The first-order chi connectivity index (χ1) is 12.0. The number of hydrogen-bond donors (Lipinski definition) is 2. The first kappa shape index (κ1) is 17.4. The summed E-state index contributed by atoms with van der Waals surface area (Å²) in [5, 5.41) is 7.43. The Morgan fingerprint density at radius 3 is 2.80 bits per heavy atom. The van der Waals surface area contributed by atoms with Crippen LogP contribution in [0.1, 0.15) is 12.8 Å². The molecule has 134 valence electrons. The highest BCUT2D eigenvalue weighted by molar-refractivity contribution is 5.93. The Kier molecular flexibility index (Phi) is 4.78. The highest BCUT2D eigenvalue weighted by atomic mass is 16.5. The zero-order valence-corrected chi connectivity index (χ0v) is 14.8. The first-order valence-corrected chi connectivity index (χ1v) is 8.25. The Bertz CT molecular complexity index is 759. The highest BCUT2D eigenvalue weighted by Gasteiger charge is 2.47. The van der Waals surface area contributed by atoms with E-state index in [9.17, 15) is 4.79 Å². The van der Waals surface area contributed by atoms with Crippen molar-refractivity contribution in [3.8, 4) is 17.0 Å². The van der Waals surface area contributed by atoms with E-state index in [-0.39, 0.29) is 17.4 Å². The number of anilines is 1. The lowest BCUT2D eigenvalue weighted by Gasteiger charge is -2.44. The van der Waals surface area contributed by atoms with E-state index in [2.05, 4.69) is 10.4 Å². The van der Waals surface area contributed by atoms with E-state index in [1.807, 2.05) is 30.3 Å². The van der Waals surface area contributed by atoms with Crippen molar-refractivity contribution in [2.75, 3.05) is 26.1 Å². The van der Waals surface area contributed by atoms with Gasteiger partial charge in [-0.15, -0.1) is 0 Å². The van der Waals surface area contributed by atoms with Gasteiger partial charge in [-0.2, -0.15) is 5.10 Å². The number of ether oxygens (including phenoxy) is 2. The van der Waals surface area contributed by atoms with Crippen molar-refractivity contribution >= 4 is 11.7 Å². The van der Waals surface area contributed by atoms with E-state index in [4.69, 9.17) is 15.2 Å². The molecule has 1 fully saturated rings. The van der Waals surface area contributed by atoms with Crippen molar-refractivity contribution in [3.63, 3.8) is 0 Å². The standard InChI is InChI=1S/C18H24N4O3/c1-22-16(20-17(23)13-9-18(10-13,11-19)25-3)8-15(21-22)12-5-4-6-14(7-12)24-2/h4-8,13H,9-11,19H2,1-3H3,(H,20,23). The second kappa shape index (κ2) is 6.85. The number of hydrogen-bond acceptors (Lipinski definition) is 5. The fourth-order valence-corrected chi connectivity index (χ4v) is 3.18. The minimum absolute atomic E-state index is 0.0266. The monoisotopic (exact) mass is 344 g/mol. The number of aromatic nitrogens is 2. The van der Waals surface area contributed by atoms with Crippen LogP contribution in [-0.2, 0) is 16.6 Å². The van der Waals surface area contributed by atoms with Gasteiger partial charge in [0.2, 0.25) is 5.91 Å². The summed E-state index contributed by atoms with van der Waals surface area (Å²) >= 11 is 0. The molecule has 3 N–H and O–H groups in total. The second-order valence-electron chi connectivity index (χ2n) is 6.46. The van der Waals surface area contributed by atoms with Crippen LogP contribution >= 0.6 is 0 Å². The molecule has 1 aliphatic carbocycles. The summed E-state index contributed by atoms with van der Waals surface area (Å²) in [6.07, 6.45) is 1.29. The topological polar surface area (TPSA) is 91.4 Å². The van der Waals surface area contributed by atoms with Crippen molar-refractivity contribution < 1.29 is 14.3 Å². The summed E-state index contributed by atoms with van der Waals surface area (Å²) in [7, 11) is 5.07. The average molecular weight is 344 g/mol. The molecule has 25 heavy (non-hydrogen) atoms. The molecule has 1 aliphatic rings. The van der Waals surface area contributed by atoms with Gasteiger partial charge in [-0.1, -0.05) is 12.1 Å². The van der Waals surface area contributed by atoms with Gasteiger partial charge in [-0.05, 0) is 25.0 Å². The molecule has 0 bridgehead atoms. The van der Waals surface area contributed by atoms with Crippen molar-refractivity contribution in [3.05, 3.63) is 30.3 Å². The molecule has 1 amide bonds. The molecule has 1 aromatic heterocycles. The summed E-state index contributed by atoms with van der Waals surface area (Å²) < 4.78 is 12.3. The molecule has 7 heteroatoms. The molecule has 1 heterocycles. The van der Waals surface area contributed by atoms with Gasteiger partial charge in [0.1, 0.15) is 11.6 Å². The van der Waals surface area contributed by atoms with Gasteiger partial charge in [0.05, 0.1) is 18.4 Å². The molecular formula is C18H24N4O3. The number of benzene rings is 1. The zero-order valence-electron chi connectivity index (χ0n) is 14.8. The van der Waals surface area contributed by atoms with E-state index in [1.54, 1.807) is 25.9 Å². The molecule has 0 aliphatic heterocycles. The Hall–Kier alpha value is -2.38. The molecule has 0 radical (unpaired) electrons. The summed E-state index contributed by atoms with van der Waals surface area (Å²) in [5.41, 5.74) is 7.09. The van der Waals surface area contributed by atoms with Gasteiger partial charge in [0.25, 0.3) is 0 Å². The molecule has 0 saturated heterocycles. The van der Waals surface area contributed by atoms with Gasteiger partial charge < -0.3 is 20.5 Å². The van der Waals surface area contributed by atoms with Crippen LogP contribution in [0.5, 0.6) is 5.75 Å². The minimum atomic E-state index is -0.347. The maximum Gasteiger partial charge on any atom is 0.228 e. The molecule has 0 atom stereocenters. The minimum Gasteiger partial charge on any atom is -0.497 e. The van der Waals surface area contributed by atoms with Gasteiger partial charge in [0, 0.05) is 38.2 Å². The van der Waals surface area contributed by atoms with Gasteiger partial charge in [0.15, 0.2) is 0 Å². The van der Waals surface area contributed by atoms with Crippen LogP contribution in [0.25, 0.3) is 11.3 Å². The third kappa shape index (κ3) is 3.38. The predicted molar refractivity (Wildman–Crippen MR) is 95.3 cm³/mol. The zero-order chi connectivity index (χ0) is 18.0. The summed E-state index contributed by atoms with van der Waals surface area (Å²) in [4.78, 5) is 12.4. The predicted octanol–water partition coefficient (Wildman–Crippen LogP) is 1.79. The van der Waals surface area contributed by atoms with E-state index < -0.39 is 0 Å². The lowest BCUT2D eigenvalue weighted by molar-refractivity contribution is -0.140. The SMILES string of the molecule is COc1cccc(-c2cc(NC(=O)C3CC(CN)(OC)C3)n(C)n2)c1. The Labute approximate surface area is 147 Å². The molecule has 1 aromatic carbocycles. The Morgan fingerprint density at radius 1 is 1.40 bits per heavy atom. The summed E-state index contributed by atoms with van der Waals surface area (Å²) in [5.74, 6) is 1.31. The molecular weight excluding hydrogens is 320 g/mol. The van der Waals surface area contributed by atoms with Crippen LogP contribution in [0.4, 0.5) is 5.82 Å². The van der Waals surface area contributed by atoms with Gasteiger partial charge >= 0.3 is 0 Å². The Balaban J connectivity index is 1.70. The number of carbonyl (C=O) groups is 1. The van der Waals surface area contributed by atoms with E-state index in [0.29, 0.717) is 25.2 Å². The van der Waals surface area contributed by atoms with Crippen molar-refractivity contribution in [1.29, 1.82) is 0 Å². The van der Waals surface area contributed by atoms with Crippen LogP contribution in [0, 0.1) is 5.92 Å². The number of aryl methyl sites for hydroxylation is 1. The number of methoxy groups -OCH3 is 2. The largest absolute Gasteiger partial charge is 0.497 e. The quantitative estimate of drug-likeness (QED) is 0.833. The lowest BCUT2D eigenvalue weighted by Crippen LogP contribution is -2.54. The van der Waals surface area contributed by atoms with E-state index in [0.717, 1.165) is 17.0 Å². The summed E-state index contributed by atoms with van der Waals surface area (Å²) in [6, 6.07) is 9.51. The summed E-state index contributed by atoms with van der Waals surface area (Å²) in [6.45, 7) is 0.430. The number of nitrogens with two attached hydrogens (primary N) is 1. The maximum atomic E-state index is 12.4. The Morgan fingerprint density at radius 2 is 2.16 bits per heavy atom. The fourth-order valence-electron chi connectivity index (χ4n) is 3.18. The molecule has 2 aromatic rings.